The molecule has 9 nitrogen and oxygen atoms in total. The SMILES string of the molecule is CC1OC(=O)C(N(C(=O)OC(C)(C)C)C(=O)OC(C)(C)C)COCC(Cc2cccc3ccccc23)C1O[Si](C(C)C)(C(C)C)C(C)C. The Labute approximate surface area is 289 Å². The van der Waals surface area contributed by atoms with E-state index in [-0.39, 0.29) is 35.8 Å². The number of amides is 2. The summed E-state index contributed by atoms with van der Waals surface area (Å²) < 4.78 is 31.1. The molecule has 2 aromatic carbocycles. The first-order chi connectivity index (χ1) is 22.2. The molecule has 4 unspecified atom stereocenters. The van der Waals surface area contributed by atoms with Crippen LogP contribution in [0.25, 0.3) is 10.8 Å². The summed E-state index contributed by atoms with van der Waals surface area (Å²) in [6, 6.07) is 13.1. The van der Waals surface area contributed by atoms with Crippen LogP contribution in [0.15, 0.2) is 42.5 Å². The minimum atomic E-state index is -2.48. The zero-order valence-electron chi connectivity index (χ0n) is 31.4. The third kappa shape index (κ3) is 9.60. The van der Waals surface area contributed by atoms with Crippen molar-refractivity contribution < 1.29 is 37.8 Å². The van der Waals surface area contributed by atoms with Gasteiger partial charge in [0.2, 0.25) is 8.32 Å². The van der Waals surface area contributed by atoms with Crippen LogP contribution < -0.4 is 0 Å². The predicted molar refractivity (Wildman–Crippen MR) is 192 cm³/mol. The van der Waals surface area contributed by atoms with E-state index in [2.05, 4.69) is 71.9 Å². The van der Waals surface area contributed by atoms with E-state index in [1.165, 1.54) is 0 Å². The van der Waals surface area contributed by atoms with E-state index < -0.39 is 55.9 Å². The lowest BCUT2D eigenvalue weighted by molar-refractivity contribution is -0.160. The number of benzene rings is 2. The molecule has 1 aliphatic heterocycles. The smallest absolute Gasteiger partial charge is 0.420 e. The highest BCUT2D eigenvalue weighted by Crippen LogP contribution is 2.45. The molecule has 0 aliphatic carbocycles. The Balaban J connectivity index is 2.12. The van der Waals surface area contributed by atoms with Gasteiger partial charge in [-0.1, -0.05) is 84.0 Å². The van der Waals surface area contributed by atoms with Gasteiger partial charge in [-0.05, 0) is 87.8 Å². The van der Waals surface area contributed by atoms with Crippen LogP contribution in [0.3, 0.4) is 0 Å². The molecule has 2 amide bonds. The molecule has 4 atom stereocenters. The van der Waals surface area contributed by atoms with Gasteiger partial charge >= 0.3 is 18.2 Å². The van der Waals surface area contributed by atoms with Crippen molar-refractivity contribution in [3.63, 3.8) is 0 Å². The Morgan fingerprint density at radius 3 is 1.88 bits per heavy atom. The Hall–Kier alpha value is -2.95. The van der Waals surface area contributed by atoms with Crippen LogP contribution >= 0.6 is 0 Å². The van der Waals surface area contributed by atoms with Crippen LogP contribution in [0.2, 0.25) is 16.6 Å². The van der Waals surface area contributed by atoms with Crippen LogP contribution in [0.4, 0.5) is 9.59 Å². The number of carbonyl (C=O) groups excluding carboxylic acids is 3. The molecule has 1 fully saturated rings. The second-order valence-corrected chi connectivity index (χ2v) is 21.4. The van der Waals surface area contributed by atoms with Gasteiger partial charge in [0.05, 0.1) is 19.3 Å². The summed E-state index contributed by atoms with van der Waals surface area (Å²) in [7, 11) is -2.48. The van der Waals surface area contributed by atoms with Crippen molar-refractivity contribution in [1.29, 1.82) is 0 Å². The molecule has 3 rings (SSSR count). The summed E-state index contributed by atoms with van der Waals surface area (Å²) in [5, 5.41) is 2.28. The van der Waals surface area contributed by atoms with Crippen molar-refractivity contribution in [3.05, 3.63) is 48.0 Å². The first-order valence-corrected chi connectivity index (χ1v) is 19.5. The highest BCUT2D eigenvalue weighted by molar-refractivity contribution is 6.77. The molecule has 268 valence electrons. The third-order valence-electron chi connectivity index (χ3n) is 9.01. The van der Waals surface area contributed by atoms with Gasteiger partial charge in [0.25, 0.3) is 0 Å². The van der Waals surface area contributed by atoms with Gasteiger partial charge in [0.1, 0.15) is 17.3 Å². The molecule has 0 N–H and O–H groups in total. The van der Waals surface area contributed by atoms with E-state index in [1.807, 2.05) is 19.1 Å². The predicted octanol–water partition coefficient (Wildman–Crippen LogP) is 9.06. The summed E-state index contributed by atoms with van der Waals surface area (Å²) in [6.45, 7) is 25.2. The maximum absolute atomic E-state index is 14.1. The molecule has 0 aromatic heterocycles. The largest absolute Gasteiger partial charge is 0.458 e. The zero-order chi connectivity index (χ0) is 36.2. The van der Waals surface area contributed by atoms with E-state index in [9.17, 15) is 14.4 Å². The van der Waals surface area contributed by atoms with Crippen LogP contribution in [0.1, 0.15) is 95.6 Å². The second kappa shape index (κ2) is 15.7. The average molecular weight is 686 g/mol. The average Bonchev–Trinajstić information content (AvgIpc) is 2.98. The number of hydrogen-bond acceptors (Lipinski definition) is 8. The topological polar surface area (TPSA) is 101 Å². The number of hydrogen-bond donors (Lipinski definition) is 0. The number of carbonyl (C=O) groups is 3. The molecule has 2 aromatic rings. The fourth-order valence-electron chi connectivity index (χ4n) is 7.10. The minimum Gasteiger partial charge on any atom is -0.458 e. The number of imide groups is 1. The molecule has 10 heteroatoms. The first-order valence-electron chi connectivity index (χ1n) is 17.4. The second-order valence-electron chi connectivity index (χ2n) is 16.0. The quantitative estimate of drug-likeness (QED) is 0.154. The summed E-state index contributed by atoms with van der Waals surface area (Å²) in [5.74, 6) is -0.999. The fourth-order valence-corrected chi connectivity index (χ4v) is 12.8. The van der Waals surface area contributed by atoms with Crippen LogP contribution in [-0.2, 0) is 34.6 Å². The summed E-state index contributed by atoms with van der Waals surface area (Å²) in [4.78, 5) is 41.8. The molecular weight excluding hydrogens is 627 g/mol. The molecule has 1 saturated heterocycles. The van der Waals surface area contributed by atoms with E-state index in [0.717, 1.165) is 16.3 Å². The Bertz CT molecular complexity index is 1350. The van der Waals surface area contributed by atoms with Gasteiger partial charge in [-0.25, -0.2) is 14.4 Å². The molecule has 0 saturated carbocycles. The first kappa shape index (κ1) is 39.5. The number of ether oxygens (including phenoxy) is 4. The minimum absolute atomic E-state index is 0.209. The Kier molecular flexibility index (Phi) is 12.9. The zero-order valence-corrected chi connectivity index (χ0v) is 32.4. The van der Waals surface area contributed by atoms with Crippen LogP contribution in [0, 0.1) is 5.92 Å². The van der Waals surface area contributed by atoms with Crippen molar-refractivity contribution in [2.75, 3.05) is 13.2 Å². The van der Waals surface area contributed by atoms with E-state index in [1.54, 1.807) is 41.5 Å². The van der Waals surface area contributed by atoms with Gasteiger partial charge in [-0.2, -0.15) is 4.90 Å². The van der Waals surface area contributed by atoms with Crippen LogP contribution in [-0.4, -0.2) is 74.0 Å². The molecular formula is C38H59NO8Si. The van der Waals surface area contributed by atoms with Gasteiger partial charge in [0, 0.05) is 5.92 Å². The number of rotatable bonds is 8. The summed E-state index contributed by atoms with van der Waals surface area (Å²) >= 11 is 0. The molecule has 0 bridgehead atoms. The van der Waals surface area contributed by atoms with Crippen LogP contribution in [0.5, 0.6) is 0 Å². The van der Waals surface area contributed by atoms with Crippen molar-refractivity contribution in [3.8, 4) is 0 Å². The van der Waals surface area contributed by atoms with Crippen molar-refractivity contribution >= 4 is 37.2 Å². The third-order valence-corrected chi connectivity index (χ3v) is 15.1. The van der Waals surface area contributed by atoms with Crippen molar-refractivity contribution in [1.82, 2.24) is 4.90 Å². The molecule has 48 heavy (non-hydrogen) atoms. The monoisotopic (exact) mass is 685 g/mol. The lowest BCUT2D eigenvalue weighted by Crippen LogP contribution is -2.56. The molecule has 1 aliphatic rings. The van der Waals surface area contributed by atoms with Crippen molar-refractivity contribution in [2.45, 2.75) is 143 Å². The van der Waals surface area contributed by atoms with Crippen molar-refractivity contribution in [2.24, 2.45) is 5.92 Å². The van der Waals surface area contributed by atoms with Gasteiger partial charge in [-0.15, -0.1) is 0 Å². The maximum Gasteiger partial charge on any atom is 0.420 e. The summed E-state index contributed by atoms with van der Waals surface area (Å²) in [6.07, 6.45) is -2.65. The van der Waals surface area contributed by atoms with E-state index >= 15 is 0 Å². The molecule has 0 spiro atoms. The lowest BCUT2D eigenvalue weighted by Gasteiger charge is -2.47. The van der Waals surface area contributed by atoms with E-state index in [0.29, 0.717) is 11.3 Å². The van der Waals surface area contributed by atoms with Gasteiger partial charge < -0.3 is 23.4 Å². The normalized spacial score (nSPS) is 21.5. The number of nitrogens with zero attached hydrogens (tertiary/aromatic N) is 1. The van der Waals surface area contributed by atoms with E-state index in [4.69, 9.17) is 23.4 Å². The number of fused-ring (bicyclic) bond motifs is 1. The Morgan fingerprint density at radius 2 is 1.35 bits per heavy atom. The highest BCUT2D eigenvalue weighted by Gasteiger charge is 2.50. The lowest BCUT2D eigenvalue weighted by atomic mass is 9.89. The number of esters is 1. The standard InChI is InChI=1S/C38H59NO8Si/c1-24(2)48(25(3)4,26(5)6)47-33-27(7)44-34(40)32(39(35(41)45-37(8,9)10)36(42)46-38(11,12)13)23-43-22-30(33)21-29-19-16-18-28-17-14-15-20-31(28)29/h14-20,24-27,30,32-33H,21-23H2,1-13H3. The number of cyclic esters (lactones) is 1. The Morgan fingerprint density at radius 1 is 0.833 bits per heavy atom. The summed E-state index contributed by atoms with van der Waals surface area (Å²) in [5.41, 5.74) is 0.128. The van der Waals surface area contributed by atoms with Gasteiger partial charge in [-0.3, -0.25) is 0 Å². The molecule has 1 heterocycles. The maximum atomic E-state index is 14.1. The van der Waals surface area contributed by atoms with Gasteiger partial charge in [0.15, 0.2) is 6.04 Å². The highest BCUT2D eigenvalue weighted by atomic mass is 28.4. The fraction of sp³-hybridized carbons (Fsp3) is 0.658. The molecule has 0 radical (unpaired) electrons.